The summed E-state index contributed by atoms with van der Waals surface area (Å²) in [6, 6.07) is 5.68. The van der Waals surface area contributed by atoms with Crippen LogP contribution in [0, 0.1) is 12.7 Å². The number of H-pyrrole nitrogens is 1. The Hall–Kier alpha value is -1.33. The molecule has 21 heavy (non-hydrogen) atoms. The average Bonchev–Trinajstić information content (AvgIpc) is 2.90. The summed E-state index contributed by atoms with van der Waals surface area (Å²) in [5.74, 6) is 0.893. The van der Waals surface area contributed by atoms with Crippen LogP contribution < -0.4 is 5.32 Å². The van der Waals surface area contributed by atoms with Crippen LogP contribution in [0.5, 0.6) is 0 Å². The summed E-state index contributed by atoms with van der Waals surface area (Å²) in [5.41, 5.74) is 3.55. The van der Waals surface area contributed by atoms with Crippen molar-refractivity contribution in [2.24, 2.45) is 0 Å². The van der Waals surface area contributed by atoms with Gasteiger partial charge in [-0.15, -0.1) is 11.8 Å². The Kier molecular flexibility index (Phi) is 4.60. The van der Waals surface area contributed by atoms with Crippen LogP contribution in [0.2, 0.25) is 0 Å². The first-order valence-corrected chi connectivity index (χ1v) is 8.37. The predicted octanol–water partition coefficient (Wildman–Crippen LogP) is 3.62. The molecular formula is C16H20FN3S. The normalized spacial score (nSPS) is 17.7. The van der Waals surface area contributed by atoms with E-state index in [0.717, 1.165) is 47.7 Å². The van der Waals surface area contributed by atoms with Crippen LogP contribution >= 0.6 is 11.8 Å². The van der Waals surface area contributed by atoms with E-state index in [9.17, 15) is 4.39 Å². The lowest BCUT2D eigenvalue weighted by Crippen LogP contribution is -2.26. The molecule has 0 amide bonds. The van der Waals surface area contributed by atoms with Crippen LogP contribution in [0.15, 0.2) is 29.3 Å². The largest absolute Gasteiger partial charge is 0.310 e. The van der Waals surface area contributed by atoms with Crippen LogP contribution in [0.3, 0.4) is 0 Å². The number of thioether (sulfide) groups is 1. The van der Waals surface area contributed by atoms with Gasteiger partial charge in [0.1, 0.15) is 5.82 Å². The summed E-state index contributed by atoms with van der Waals surface area (Å²) >= 11 is 1.63. The molecule has 1 atom stereocenters. The van der Waals surface area contributed by atoms with Crippen molar-refractivity contribution in [2.75, 3.05) is 12.3 Å². The summed E-state index contributed by atoms with van der Waals surface area (Å²) in [4.78, 5) is 0.826. The molecule has 0 spiro atoms. The number of rotatable bonds is 5. The first-order valence-electron chi connectivity index (χ1n) is 7.39. The molecule has 2 heterocycles. The fourth-order valence-corrected chi connectivity index (χ4v) is 3.92. The molecule has 1 aliphatic rings. The van der Waals surface area contributed by atoms with Crippen molar-refractivity contribution < 1.29 is 4.39 Å². The average molecular weight is 305 g/mol. The lowest BCUT2D eigenvalue weighted by Gasteiger charge is -2.26. The van der Waals surface area contributed by atoms with Gasteiger partial charge in [-0.2, -0.15) is 5.10 Å². The zero-order chi connectivity index (χ0) is 14.7. The molecule has 5 heteroatoms. The second-order valence-electron chi connectivity index (χ2n) is 5.43. The van der Waals surface area contributed by atoms with Crippen molar-refractivity contribution in [3.05, 3.63) is 47.0 Å². The zero-order valence-electron chi connectivity index (χ0n) is 12.2. The maximum Gasteiger partial charge on any atom is 0.137 e. The van der Waals surface area contributed by atoms with E-state index in [4.69, 9.17) is 0 Å². The van der Waals surface area contributed by atoms with Gasteiger partial charge in [0.25, 0.3) is 0 Å². The summed E-state index contributed by atoms with van der Waals surface area (Å²) < 4.78 is 13.8. The minimum atomic E-state index is -0.0852. The second-order valence-corrected chi connectivity index (χ2v) is 6.53. The quantitative estimate of drug-likeness (QED) is 0.829. The number of hydrogen-bond acceptors (Lipinski definition) is 3. The Balaban J connectivity index is 1.55. The molecule has 1 aliphatic heterocycles. The molecule has 2 aromatic rings. The van der Waals surface area contributed by atoms with Gasteiger partial charge in [0.15, 0.2) is 0 Å². The van der Waals surface area contributed by atoms with Crippen molar-refractivity contribution >= 4 is 11.8 Å². The zero-order valence-corrected chi connectivity index (χ0v) is 13.0. The van der Waals surface area contributed by atoms with E-state index in [2.05, 4.69) is 15.5 Å². The molecule has 1 aromatic heterocycles. The summed E-state index contributed by atoms with van der Waals surface area (Å²) in [6.07, 6.45) is 5.05. The molecule has 0 saturated carbocycles. The third kappa shape index (κ3) is 3.30. The molecule has 2 N–H and O–H groups in total. The lowest BCUT2D eigenvalue weighted by molar-refractivity contribution is 0.491. The van der Waals surface area contributed by atoms with E-state index in [1.165, 1.54) is 5.56 Å². The number of nitrogens with zero attached hydrogens (tertiary/aromatic N) is 1. The van der Waals surface area contributed by atoms with Crippen LogP contribution in [0.1, 0.15) is 35.7 Å². The molecule has 1 unspecified atom stereocenters. The smallest absolute Gasteiger partial charge is 0.137 e. The summed E-state index contributed by atoms with van der Waals surface area (Å²) in [5, 5.41) is 10.6. The minimum absolute atomic E-state index is 0.0852. The minimum Gasteiger partial charge on any atom is -0.310 e. The fraction of sp³-hybridized carbons (Fsp3) is 0.438. The van der Waals surface area contributed by atoms with Crippen molar-refractivity contribution in [3.63, 3.8) is 0 Å². The Morgan fingerprint density at radius 1 is 1.48 bits per heavy atom. The molecule has 0 fully saturated rings. The van der Waals surface area contributed by atoms with Crippen molar-refractivity contribution in [1.29, 1.82) is 0 Å². The topological polar surface area (TPSA) is 40.7 Å². The van der Waals surface area contributed by atoms with E-state index >= 15 is 0 Å². The van der Waals surface area contributed by atoms with Crippen LogP contribution in [-0.2, 0) is 6.42 Å². The van der Waals surface area contributed by atoms with Gasteiger partial charge in [-0.25, -0.2) is 4.39 Å². The Morgan fingerprint density at radius 3 is 3.19 bits per heavy atom. The summed E-state index contributed by atoms with van der Waals surface area (Å²) in [7, 11) is 0. The van der Waals surface area contributed by atoms with E-state index in [0.29, 0.717) is 0 Å². The summed E-state index contributed by atoms with van der Waals surface area (Å²) in [6.45, 7) is 2.99. The number of hydrogen-bond donors (Lipinski definition) is 2. The van der Waals surface area contributed by atoms with Gasteiger partial charge in [0.05, 0.1) is 6.20 Å². The maximum absolute atomic E-state index is 13.8. The fourth-order valence-electron chi connectivity index (χ4n) is 2.78. The van der Waals surface area contributed by atoms with Gasteiger partial charge in [-0.3, -0.25) is 5.10 Å². The Bertz CT molecular complexity index is 611. The SMILES string of the molecule is Cc1[nH]ncc1CCCNC1CCSc2c(F)cccc21. The monoisotopic (exact) mass is 305 g/mol. The van der Waals surface area contributed by atoms with Gasteiger partial charge in [0.2, 0.25) is 0 Å². The number of nitrogens with one attached hydrogen (secondary N) is 2. The van der Waals surface area contributed by atoms with Gasteiger partial charge < -0.3 is 5.32 Å². The molecule has 3 rings (SSSR count). The first-order chi connectivity index (χ1) is 10.3. The van der Waals surface area contributed by atoms with E-state index in [-0.39, 0.29) is 11.9 Å². The highest BCUT2D eigenvalue weighted by molar-refractivity contribution is 7.99. The van der Waals surface area contributed by atoms with Crippen molar-refractivity contribution in [2.45, 2.75) is 37.1 Å². The predicted molar refractivity (Wildman–Crippen MR) is 84.1 cm³/mol. The highest BCUT2D eigenvalue weighted by Crippen LogP contribution is 2.37. The molecule has 0 saturated heterocycles. The number of aromatic nitrogens is 2. The Morgan fingerprint density at radius 2 is 2.38 bits per heavy atom. The molecule has 0 radical (unpaired) electrons. The van der Waals surface area contributed by atoms with E-state index < -0.39 is 0 Å². The standard InChI is InChI=1S/C16H20FN3S/c1-11-12(10-19-20-11)4-3-8-18-15-7-9-21-16-13(15)5-2-6-14(16)17/h2,5-6,10,15,18H,3-4,7-9H2,1H3,(H,19,20). The van der Waals surface area contributed by atoms with Gasteiger partial charge >= 0.3 is 0 Å². The van der Waals surface area contributed by atoms with E-state index in [1.54, 1.807) is 17.8 Å². The maximum atomic E-state index is 13.8. The number of halogens is 1. The molecule has 112 valence electrons. The highest BCUT2D eigenvalue weighted by Gasteiger charge is 2.22. The number of fused-ring (bicyclic) bond motifs is 1. The third-order valence-electron chi connectivity index (χ3n) is 3.97. The third-order valence-corrected chi connectivity index (χ3v) is 5.13. The van der Waals surface area contributed by atoms with Crippen LogP contribution in [0.4, 0.5) is 4.39 Å². The first kappa shape index (κ1) is 14.6. The van der Waals surface area contributed by atoms with Crippen molar-refractivity contribution in [1.82, 2.24) is 15.5 Å². The van der Waals surface area contributed by atoms with Crippen molar-refractivity contribution in [3.8, 4) is 0 Å². The van der Waals surface area contributed by atoms with Gasteiger partial charge in [0, 0.05) is 16.6 Å². The highest BCUT2D eigenvalue weighted by atomic mass is 32.2. The van der Waals surface area contributed by atoms with E-state index in [1.807, 2.05) is 25.3 Å². The van der Waals surface area contributed by atoms with Gasteiger partial charge in [-0.1, -0.05) is 12.1 Å². The molecule has 3 nitrogen and oxygen atoms in total. The molecule has 0 bridgehead atoms. The van der Waals surface area contributed by atoms with Gasteiger partial charge in [-0.05, 0) is 55.7 Å². The number of benzene rings is 1. The Labute approximate surface area is 128 Å². The molecule has 0 aliphatic carbocycles. The van der Waals surface area contributed by atoms with Crippen LogP contribution in [-0.4, -0.2) is 22.5 Å². The van der Waals surface area contributed by atoms with Crippen LogP contribution in [0.25, 0.3) is 0 Å². The second kappa shape index (κ2) is 6.62. The number of aryl methyl sites for hydroxylation is 2. The molecular weight excluding hydrogens is 285 g/mol. The molecule has 1 aromatic carbocycles. The number of aromatic amines is 1. The lowest BCUT2D eigenvalue weighted by atomic mass is 10.0.